The van der Waals surface area contributed by atoms with Gasteiger partial charge in [-0.1, -0.05) is 19.8 Å². The molecule has 1 aromatic heterocycles. The molecular weight excluding hydrogens is 443 g/mol. The maximum atomic E-state index is 15.4. The molecule has 8 heteroatoms. The monoisotopic (exact) mass is 473 g/mol. The third kappa shape index (κ3) is 4.54. The van der Waals surface area contributed by atoms with Crippen molar-refractivity contribution >= 4 is 41.1 Å². The molecule has 0 spiro atoms. The van der Waals surface area contributed by atoms with Crippen LogP contribution in [0.4, 0.5) is 10.1 Å². The Morgan fingerprint density at radius 3 is 2.81 bits per heavy atom. The third-order valence-electron chi connectivity index (χ3n) is 6.09. The number of hydrogen-bond acceptors (Lipinski definition) is 3. The van der Waals surface area contributed by atoms with Crippen LogP contribution >= 0.6 is 18.5 Å². The van der Waals surface area contributed by atoms with Crippen molar-refractivity contribution < 1.29 is 13.9 Å². The zero-order valence-electron chi connectivity index (χ0n) is 18.5. The molecule has 2 heterocycles. The molecule has 170 valence electrons. The van der Waals surface area contributed by atoms with Gasteiger partial charge in [0.1, 0.15) is 11.6 Å². The first-order valence-electron chi connectivity index (χ1n) is 11.1. The van der Waals surface area contributed by atoms with E-state index < -0.39 is 0 Å². The molecule has 1 amide bonds. The maximum absolute atomic E-state index is 15.4. The van der Waals surface area contributed by atoms with E-state index in [1.165, 1.54) is 6.07 Å². The Morgan fingerprint density at radius 1 is 1.28 bits per heavy atom. The smallest absolute Gasteiger partial charge is 0.233 e. The number of amides is 1. The Morgan fingerprint density at radius 2 is 2.09 bits per heavy atom. The molecule has 0 saturated carbocycles. The molecule has 1 aliphatic heterocycles. The number of benzene rings is 2. The van der Waals surface area contributed by atoms with Crippen molar-refractivity contribution in [3.63, 3.8) is 0 Å². The molecule has 32 heavy (non-hydrogen) atoms. The number of β-lactam (4-membered cyclic amide) rings is 1. The number of rotatable bonds is 9. The first-order chi connectivity index (χ1) is 15.4. The molecule has 1 N–H and O–H groups in total. The first-order valence-corrected chi connectivity index (χ1v) is 12.4. The maximum Gasteiger partial charge on any atom is 0.233 e. The molecule has 3 aromatic rings. The molecule has 1 fully saturated rings. The first kappa shape index (κ1) is 23.1. The van der Waals surface area contributed by atoms with Crippen molar-refractivity contribution in [1.82, 2.24) is 9.97 Å². The summed E-state index contributed by atoms with van der Waals surface area (Å²) in [6.07, 6.45) is 5.17. The van der Waals surface area contributed by atoms with Gasteiger partial charge in [0.25, 0.3) is 0 Å². The van der Waals surface area contributed by atoms with Crippen molar-refractivity contribution in [2.45, 2.75) is 51.0 Å². The van der Waals surface area contributed by atoms with Crippen LogP contribution in [0.3, 0.4) is 0 Å². The zero-order valence-corrected chi connectivity index (χ0v) is 20.8. The van der Waals surface area contributed by atoms with Crippen molar-refractivity contribution in [2.24, 2.45) is 5.92 Å². The van der Waals surface area contributed by atoms with Crippen LogP contribution in [-0.2, 0) is 4.79 Å². The number of carbonyl (C=O) groups is 1. The van der Waals surface area contributed by atoms with Gasteiger partial charge in [-0.2, -0.15) is 0 Å². The number of unbranched alkanes of at least 4 members (excludes halogenated alkanes) is 1. The summed E-state index contributed by atoms with van der Waals surface area (Å²) in [4.78, 5) is 22.3. The van der Waals surface area contributed by atoms with Crippen LogP contribution in [0.15, 0.2) is 36.7 Å². The highest BCUT2D eigenvalue weighted by atomic mass is 31.1. The van der Waals surface area contributed by atoms with Gasteiger partial charge in [0.15, 0.2) is 0 Å². The van der Waals surface area contributed by atoms with E-state index >= 15 is 4.39 Å². The van der Waals surface area contributed by atoms with Crippen molar-refractivity contribution in [3.05, 3.63) is 53.6 Å². The lowest BCUT2D eigenvalue weighted by atomic mass is 9.77. The highest BCUT2D eigenvalue weighted by Crippen LogP contribution is 2.48. The Bertz CT molecular complexity index is 1090. The number of H-pyrrole nitrogens is 1. The van der Waals surface area contributed by atoms with Gasteiger partial charge in [-0.3, -0.25) is 4.79 Å². The van der Waals surface area contributed by atoms with Crippen LogP contribution in [-0.4, -0.2) is 27.9 Å². The summed E-state index contributed by atoms with van der Waals surface area (Å²) >= 11 is 0. The summed E-state index contributed by atoms with van der Waals surface area (Å²) in [5.74, 6) is 0.0382. The number of imidazole rings is 1. The average Bonchev–Trinajstić information content (AvgIpc) is 3.20. The van der Waals surface area contributed by atoms with Gasteiger partial charge < -0.3 is 14.6 Å². The number of aromatic amines is 1. The van der Waals surface area contributed by atoms with E-state index in [-0.39, 0.29) is 23.7 Å². The predicted molar refractivity (Wildman–Crippen MR) is 134 cm³/mol. The number of aromatic nitrogens is 2. The highest BCUT2D eigenvalue weighted by Gasteiger charge is 2.49. The number of anilines is 1. The molecule has 0 bridgehead atoms. The van der Waals surface area contributed by atoms with E-state index in [1.807, 2.05) is 31.2 Å². The number of carbonyl (C=O) groups excluding carboxylic acids is 1. The molecule has 1 saturated heterocycles. The minimum Gasteiger partial charge on any atom is -0.493 e. The largest absolute Gasteiger partial charge is 0.493 e. The number of hydrogen-bond donors (Lipinski definition) is 1. The van der Waals surface area contributed by atoms with Crippen LogP contribution in [0.25, 0.3) is 11.0 Å². The SMILES string of the molecule is CCCC[C@H]1C(=O)N(c2ccc3nc[nH]c3c2)[C@H]1c1c(C)cc(OCCC(P)P)cc1F. The Balaban J connectivity index is 1.67. The lowest BCUT2D eigenvalue weighted by Crippen LogP contribution is -2.55. The fraction of sp³-hybridized carbons (Fsp3) is 0.417. The van der Waals surface area contributed by atoms with Gasteiger partial charge in [0.05, 0.1) is 35.9 Å². The third-order valence-corrected chi connectivity index (χ3v) is 6.76. The van der Waals surface area contributed by atoms with Crippen LogP contribution < -0.4 is 9.64 Å². The van der Waals surface area contributed by atoms with Crippen LogP contribution in [0.1, 0.15) is 49.8 Å². The lowest BCUT2D eigenvalue weighted by Gasteiger charge is -2.48. The molecule has 0 aliphatic carbocycles. The molecular formula is C24H30FN3O2P2. The van der Waals surface area contributed by atoms with E-state index in [2.05, 4.69) is 35.4 Å². The molecule has 5 nitrogen and oxygen atoms in total. The summed E-state index contributed by atoms with van der Waals surface area (Å²) in [6, 6.07) is 8.70. The highest BCUT2D eigenvalue weighted by molar-refractivity contribution is 7.37. The second kappa shape index (κ2) is 9.85. The quantitative estimate of drug-likeness (QED) is 0.318. The molecule has 2 aromatic carbocycles. The zero-order chi connectivity index (χ0) is 22.8. The number of nitrogens with one attached hydrogen (secondary N) is 1. The van der Waals surface area contributed by atoms with Gasteiger partial charge >= 0.3 is 0 Å². The van der Waals surface area contributed by atoms with Crippen molar-refractivity contribution in [1.29, 1.82) is 0 Å². The normalized spacial score (nSPS) is 18.4. The van der Waals surface area contributed by atoms with E-state index in [0.29, 0.717) is 23.3 Å². The minimum absolute atomic E-state index is 0.0494. The summed E-state index contributed by atoms with van der Waals surface area (Å²) in [7, 11) is 5.41. The summed E-state index contributed by atoms with van der Waals surface area (Å²) in [6.45, 7) is 4.52. The lowest BCUT2D eigenvalue weighted by molar-refractivity contribution is -0.130. The van der Waals surface area contributed by atoms with Crippen molar-refractivity contribution in [3.8, 4) is 5.75 Å². The van der Waals surface area contributed by atoms with Gasteiger partial charge in [-0.25, -0.2) is 9.37 Å². The van der Waals surface area contributed by atoms with Gasteiger partial charge in [0, 0.05) is 17.3 Å². The molecule has 1 aliphatic rings. The summed E-state index contributed by atoms with van der Waals surface area (Å²) in [5, 5.41) is 0.362. The van der Waals surface area contributed by atoms with Gasteiger partial charge in [-0.15, -0.1) is 18.5 Å². The number of halogens is 1. The standard InChI is InChI=1S/C24H30FN3O2P2/c1-3-4-5-17-23(22-14(2)10-16(12-18(22)25)30-9-8-21(31)32)28(24(17)29)15-6-7-19-20(11-15)27-13-26-19/h6-7,10-13,17,21,23H,3-5,8-9,31-32H2,1-2H3,(H,26,27)/t17-,23-/m1/s1. The van der Waals surface area contributed by atoms with Crippen LogP contribution in [0.2, 0.25) is 0 Å². The summed E-state index contributed by atoms with van der Waals surface area (Å²) < 4.78 is 21.2. The van der Waals surface area contributed by atoms with Gasteiger partial charge in [-0.05, 0) is 55.0 Å². The Labute approximate surface area is 192 Å². The Kier molecular flexibility index (Phi) is 7.12. The van der Waals surface area contributed by atoms with E-state index in [4.69, 9.17) is 4.74 Å². The van der Waals surface area contributed by atoms with Gasteiger partial charge in [0.2, 0.25) is 5.91 Å². The second-order valence-electron chi connectivity index (χ2n) is 8.44. The molecule has 4 rings (SSSR count). The second-order valence-corrected chi connectivity index (χ2v) is 10.9. The van der Waals surface area contributed by atoms with Crippen LogP contribution in [0.5, 0.6) is 5.75 Å². The van der Waals surface area contributed by atoms with E-state index in [9.17, 15) is 4.79 Å². The molecule has 0 radical (unpaired) electrons. The predicted octanol–water partition coefficient (Wildman–Crippen LogP) is 5.75. The van der Waals surface area contributed by atoms with E-state index in [1.54, 1.807) is 11.2 Å². The fourth-order valence-electron chi connectivity index (χ4n) is 4.44. The Hall–Kier alpha value is -2.03. The average molecular weight is 473 g/mol. The number of fused-ring (bicyclic) bond motifs is 1. The number of aryl methyl sites for hydroxylation is 1. The number of ether oxygens (including phenoxy) is 1. The summed E-state index contributed by atoms with van der Waals surface area (Å²) in [5.41, 5.74) is 3.84. The van der Waals surface area contributed by atoms with E-state index in [0.717, 1.165) is 48.0 Å². The molecule has 4 atom stereocenters. The van der Waals surface area contributed by atoms with Crippen LogP contribution in [0, 0.1) is 18.7 Å². The minimum atomic E-state index is -0.327. The topological polar surface area (TPSA) is 58.2 Å². The fourth-order valence-corrected chi connectivity index (χ4v) is 4.71. The molecule has 2 unspecified atom stereocenters. The van der Waals surface area contributed by atoms with Crippen molar-refractivity contribution in [2.75, 3.05) is 11.5 Å². The number of nitrogens with zero attached hydrogens (tertiary/aromatic N) is 2.